The van der Waals surface area contributed by atoms with E-state index in [9.17, 15) is 0 Å². The summed E-state index contributed by atoms with van der Waals surface area (Å²) >= 11 is 4.65. The molecular weight excluding hydrogens is 134 g/mol. The topological polar surface area (TPSA) is 35.2 Å². The molecule has 0 spiro atoms. The van der Waals surface area contributed by atoms with Crippen LogP contribution in [0.4, 0.5) is 0 Å². The van der Waals surface area contributed by atoms with Gasteiger partial charge in [-0.3, -0.25) is 0 Å². The molecular formula is C6H13NOS. The predicted molar refractivity (Wildman–Crippen MR) is 42.5 cm³/mol. The van der Waals surface area contributed by atoms with Crippen molar-refractivity contribution in [2.45, 2.75) is 26.4 Å². The van der Waals surface area contributed by atoms with Crippen molar-refractivity contribution in [3.8, 4) is 0 Å². The van der Waals surface area contributed by atoms with E-state index in [1.54, 1.807) is 0 Å². The van der Waals surface area contributed by atoms with Gasteiger partial charge < -0.3 is 10.5 Å². The van der Waals surface area contributed by atoms with Crippen LogP contribution in [0.5, 0.6) is 0 Å². The lowest BCUT2D eigenvalue weighted by molar-refractivity contribution is 0.0847. The van der Waals surface area contributed by atoms with Gasteiger partial charge in [-0.15, -0.1) is 0 Å². The lowest BCUT2D eigenvalue weighted by Crippen LogP contribution is -2.13. The van der Waals surface area contributed by atoms with Crippen LogP contribution in [0.1, 0.15) is 20.3 Å². The summed E-state index contributed by atoms with van der Waals surface area (Å²) in [6, 6.07) is 0. The number of hydrogen-bond acceptors (Lipinski definition) is 2. The molecule has 0 aromatic heterocycles. The second-order valence-electron chi connectivity index (χ2n) is 2.14. The first kappa shape index (κ1) is 8.85. The summed E-state index contributed by atoms with van der Waals surface area (Å²) in [6.45, 7) is 4.62. The van der Waals surface area contributed by atoms with E-state index in [1.807, 2.05) is 13.8 Å². The molecule has 0 amide bonds. The second kappa shape index (κ2) is 4.70. The molecule has 0 aromatic carbocycles. The predicted octanol–water partition coefficient (Wildman–Crippen LogP) is 1.09. The van der Waals surface area contributed by atoms with Gasteiger partial charge in [-0.05, 0) is 13.8 Å². The Bertz CT molecular complexity index is 93.1. The highest BCUT2D eigenvalue weighted by molar-refractivity contribution is 7.80. The highest BCUT2D eigenvalue weighted by Gasteiger charge is 1.92. The Morgan fingerprint density at radius 1 is 1.67 bits per heavy atom. The van der Waals surface area contributed by atoms with Crippen LogP contribution in [-0.4, -0.2) is 17.7 Å². The molecule has 54 valence electrons. The van der Waals surface area contributed by atoms with E-state index in [0.717, 1.165) is 0 Å². The molecule has 0 aliphatic rings. The van der Waals surface area contributed by atoms with Gasteiger partial charge >= 0.3 is 0 Å². The van der Waals surface area contributed by atoms with Crippen molar-refractivity contribution in [3.63, 3.8) is 0 Å². The average molecular weight is 147 g/mol. The molecule has 3 heteroatoms. The van der Waals surface area contributed by atoms with Crippen LogP contribution >= 0.6 is 12.2 Å². The fraction of sp³-hybridized carbons (Fsp3) is 0.833. The van der Waals surface area contributed by atoms with Crippen molar-refractivity contribution in [2.24, 2.45) is 5.73 Å². The molecule has 9 heavy (non-hydrogen) atoms. The third-order valence-electron chi connectivity index (χ3n) is 0.800. The maximum Gasteiger partial charge on any atom is 0.0750 e. The monoisotopic (exact) mass is 147 g/mol. The molecule has 0 unspecified atom stereocenters. The van der Waals surface area contributed by atoms with Crippen LogP contribution in [0.25, 0.3) is 0 Å². The van der Waals surface area contributed by atoms with E-state index in [4.69, 9.17) is 10.5 Å². The van der Waals surface area contributed by atoms with Crippen molar-refractivity contribution in [1.29, 1.82) is 0 Å². The molecule has 0 heterocycles. The Morgan fingerprint density at radius 3 is 2.56 bits per heavy atom. The number of hydrogen-bond donors (Lipinski definition) is 1. The maximum absolute atomic E-state index is 5.23. The van der Waals surface area contributed by atoms with Gasteiger partial charge in [-0.25, -0.2) is 0 Å². The Kier molecular flexibility index (Phi) is 4.62. The summed E-state index contributed by atoms with van der Waals surface area (Å²) in [7, 11) is 0. The lowest BCUT2D eigenvalue weighted by Gasteiger charge is -2.05. The summed E-state index contributed by atoms with van der Waals surface area (Å²) in [6.07, 6.45) is 0.965. The molecule has 0 aliphatic carbocycles. The summed E-state index contributed by atoms with van der Waals surface area (Å²) in [5.41, 5.74) is 5.23. The van der Waals surface area contributed by atoms with Crippen LogP contribution in [0.2, 0.25) is 0 Å². The summed E-state index contributed by atoms with van der Waals surface area (Å²) < 4.78 is 5.19. The zero-order valence-electron chi connectivity index (χ0n) is 5.89. The van der Waals surface area contributed by atoms with Crippen LogP contribution < -0.4 is 5.73 Å². The minimum absolute atomic E-state index is 0.277. The fourth-order valence-electron chi connectivity index (χ4n) is 0.395. The third kappa shape index (κ3) is 7.85. The summed E-state index contributed by atoms with van der Waals surface area (Å²) in [5.74, 6) is 0. The van der Waals surface area contributed by atoms with E-state index >= 15 is 0 Å². The first-order chi connectivity index (χ1) is 4.13. The highest BCUT2D eigenvalue weighted by Crippen LogP contribution is 1.89. The van der Waals surface area contributed by atoms with Gasteiger partial charge in [-0.2, -0.15) is 0 Å². The van der Waals surface area contributed by atoms with Crippen LogP contribution in [0.3, 0.4) is 0 Å². The standard InChI is InChI=1S/C6H13NOS/c1-5(2)8-4-3-6(7)9/h5H,3-4H2,1-2H3,(H2,7,9). The maximum atomic E-state index is 5.23. The van der Waals surface area contributed by atoms with E-state index in [1.165, 1.54) is 0 Å². The SMILES string of the molecule is CC(C)OCCC(N)=S. The van der Waals surface area contributed by atoms with Crippen molar-refractivity contribution in [2.75, 3.05) is 6.61 Å². The minimum Gasteiger partial charge on any atom is -0.393 e. The summed E-state index contributed by atoms with van der Waals surface area (Å²) in [5, 5.41) is 0. The van der Waals surface area contributed by atoms with Gasteiger partial charge in [-0.1, -0.05) is 12.2 Å². The minimum atomic E-state index is 0.277. The number of rotatable bonds is 4. The zero-order chi connectivity index (χ0) is 7.28. The molecule has 0 aliphatic heterocycles. The molecule has 0 fully saturated rings. The molecule has 0 saturated carbocycles. The van der Waals surface area contributed by atoms with Gasteiger partial charge in [0, 0.05) is 6.42 Å². The van der Waals surface area contributed by atoms with Gasteiger partial charge in [0.25, 0.3) is 0 Å². The van der Waals surface area contributed by atoms with Crippen molar-refractivity contribution >= 4 is 17.2 Å². The van der Waals surface area contributed by atoms with Crippen molar-refractivity contribution in [3.05, 3.63) is 0 Å². The lowest BCUT2D eigenvalue weighted by atomic mass is 10.4. The molecule has 2 nitrogen and oxygen atoms in total. The Morgan fingerprint density at radius 2 is 2.22 bits per heavy atom. The molecule has 0 bridgehead atoms. The van der Waals surface area contributed by atoms with Crippen molar-refractivity contribution < 1.29 is 4.74 Å². The van der Waals surface area contributed by atoms with Crippen LogP contribution in [-0.2, 0) is 4.74 Å². The molecule has 0 saturated heterocycles. The fourth-order valence-corrected chi connectivity index (χ4v) is 0.479. The van der Waals surface area contributed by atoms with Crippen LogP contribution in [0, 0.1) is 0 Å². The molecule has 0 aromatic rings. The van der Waals surface area contributed by atoms with Gasteiger partial charge in [0.1, 0.15) is 0 Å². The highest BCUT2D eigenvalue weighted by atomic mass is 32.1. The third-order valence-corrected chi connectivity index (χ3v) is 1.00. The first-order valence-corrected chi connectivity index (χ1v) is 3.43. The normalized spacial score (nSPS) is 10.1. The van der Waals surface area contributed by atoms with Gasteiger partial charge in [0.15, 0.2) is 0 Å². The second-order valence-corrected chi connectivity index (χ2v) is 2.66. The Balaban J connectivity index is 3.01. The van der Waals surface area contributed by atoms with Gasteiger partial charge in [0.2, 0.25) is 0 Å². The zero-order valence-corrected chi connectivity index (χ0v) is 6.70. The van der Waals surface area contributed by atoms with Gasteiger partial charge in [0.05, 0.1) is 17.7 Å². The summed E-state index contributed by atoms with van der Waals surface area (Å²) in [4.78, 5) is 0.524. The van der Waals surface area contributed by atoms with E-state index in [0.29, 0.717) is 18.0 Å². The largest absolute Gasteiger partial charge is 0.393 e. The molecule has 0 atom stereocenters. The molecule has 2 N–H and O–H groups in total. The quantitative estimate of drug-likeness (QED) is 0.604. The average Bonchev–Trinajstić information content (AvgIpc) is 1.63. The Hall–Kier alpha value is -0.150. The first-order valence-electron chi connectivity index (χ1n) is 3.03. The number of nitrogens with two attached hydrogens (primary N) is 1. The van der Waals surface area contributed by atoms with Crippen molar-refractivity contribution in [1.82, 2.24) is 0 Å². The molecule has 0 radical (unpaired) electrons. The Labute approximate surface area is 61.4 Å². The van der Waals surface area contributed by atoms with E-state index in [-0.39, 0.29) is 6.10 Å². The van der Waals surface area contributed by atoms with E-state index < -0.39 is 0 Å². The number of ether oxygens (including phenoxy) is 1. The van der Waals surface area contributed by atoms with Crippen LogP contribution in [0.15, 0.2) is 0 Å². The number of thiocarbonyl (C=S) groups is 1. The smallest absolute Gasteiger partial charge is 0.0750 e. The molecule has 0 rings (SSSR count). The van der Waals surface area contributed by atoms with E-state index in [2.05, 4.69) is 12.2 Å².